The number of allylic oxidation sites excluding steroid dienone is 1. The molecule has 18 heavy (non-hydrogen) atoms. The standard InChI is InChI=1S/C11H12ClN5O/c1-2-3-17-11(18)10(12)9(6-16-17)14-5-8-4-13-7-15-8/h2,4,6-7,14H,1,3,5H2,(H,13,15). The number of H-pyrrole nitrogens is 1. The second-order valence-electron chi connectivity index (χ2n) is 3.58. The summed E-state index contributed by atoms with van der Waals surface area (Å²) in [6, 6.07) is 0. The summed E-state index contributed by atoms with van der Waals surface area (Å²) in [4.78, 5) is 18.6. The Morgan fingerprint density at radius 2 is 2.39 bits per heavy atom. The Morgan fingerprint density at radius 3 is 3.06 bits per heavy atom. The molecule has 0 spiro atoms. The summed E-state index contributed by atoms with van der Waals surface area (Å²) < 4.78 is 1.25. The third kappa shape index (κ3) is 2.60. The van der Waals surface area contributed by atoms with Gasteiger partial charge in [0, 0.05) is 6.20 Å². The maximum atomic E-state index is 11.8. The number of aromatic nitrogens is 4. The average molecular weight is 266 g/mol. The Labute approximate surface area is 108 Å². The summed E-state index contributed by atoms with van der Waals surface area (Å²) in [7, 11) is 0. The average Bonchev–Trinajstić information content (AvgIpc) is 2.87. The lowest BCUT2D eigenvalue weighted by Gasteiger charge is -2.08. The Morgan fingerprint density at radius 1 is 1.56 bits per heavy atom. The second-order valence-corrected chi connectivity index (χ2v) is 3.96. The van der Waals surface area contributed by atoms with E-state index in [2.05, 4.69) is 27.0 Å². The third-order valence-electron chi connectivity index (χ3n) is 2.31. The van der Waals surface area contributed by atoms with Gasteiger partial charge in [-0.25, -0.2) is 9.67 Å². The number of hydrogen-bond acceptors (Lipinski definition) is 4. The van der Waals surface area contributed by atoms with Gasteiger partial charge in [0.05, 0.1) is 37.0 Å². The maximum Gasteiger partial charge on any atom is 0.287 e. The molecule has 94 valence electrons. The molecule has 0 radical (unpaired) electrons. The van der Waals surface area contributed by atoms with E-state index in [0.717, 1.165) is 5.69 Å². The van der Waals surface area contributed by atoms with Crippen molar-refractivity contribution < 1.29 is 0 Å². The van der Waals surface area contributed by atoms with Crippen molar-refractivity contribution in [2.24, 2.45) is 0 Å². The monoisotopic (exact) mass is 265 g/mol. The molecule has 0 aliphatic carbocycles. The van der Waals surface area contributed by atoms with Crippen molar-refractivity contribution in [1.82, 2.24) is 19.7 Å². The molecule has 2 heterocycles. The maximum absolute atomic E-state index is 11.8. The molecule has 0 bridgehead atoms. The van der Waals surface area contributed by atoms with Crippen LogP contribution in [0.4, 0.5) is 5.69 Å². The van der Waals surface area contributed by atoms with Crippen LogP contribution in [0.3, 0.4) is 0 Å². The Hall–Kier alpha value is -2.08. The highest BCUT2D eigenvalue weighted by Gasteiger charge is 2.08. The highest BCUT2D eigenvalue weighted by molar-refractivity contribution is 6.32. The van der Waals surface area contributed by atoms with E-state index in [4.69, 9.17) is 11.6 Å². The summed E-state index contributed by atoms with van der Waals surface area (Å²) >= 11 is 5.98. The smallest absolute Gasteiger partial charge is 0.287 e. The van der Waals surface area contributed by atoms with Gasteiger partial charge in [0.15, 0.2) is 0 Å². The molecule has 0 saturated carbocycles. The lowest BCUT2D eigenvalue weighted by atomic mass is 10.4. The number of nitrogens with zero attached hydrogens (tertiary/aromatic N) is 3. The first-order valence-electron chi connectivity index (χ1n) is 5.30. The van der Waals surface area contributed by atoms with Crippen LogP contribution >= 0.6 is 11.6 Å². The minimum absolute atomic E-state index is 0.117. The van der Waals surface area contributed by atoms with E-state index in [-0.39, 0.29) is 10.6 Å². The van der Waals surface area contributed by atoms with E-state index in [1.165, 1.54) is 10.9 Å². The molecule has 0 aliphatic heterocycles. The molecule has 0 aliphatic rings. The zero-order chi connectivity index (χ0) is 13.0. The summed E-state index contributed by atoms with van der Waals surface area (Å²) in [6.45, 7) is 4.37. The minimum atomic E-state index is -0.342. The van der Waals surface area contributed by atoms with Gasteiger partial charge in [-0.2, -0.15) is 5.10 Å². The van der Waals surface area contributed by atoms with Crippen LogP contribution in [0.15, 0.2) is 36.2 Å². The van der Waals surface area contributed by atoms with Gasteiger partial charge in [0.1, 0.15) is 5.02 Å². The topological polar surface area (TPSA) is 75.6 Å². The Balaban J connectivity index is 2.16. The molecule has 0 unspecified atom stereocenters. The van der Waals surface area contributed by atoms with Gasteiger partial charge in [-0.3, -0.25) is 4.79 Å². The lowest BCUT2D eigenvalue weighted by molar-refractivity contribution is 0.653. The van der Waals surface area contributed by atoms with Crippen LogP contribution in [0.5, 0.6) is 0 Å². The van der Waals surface area contributed by atoms with E-state index in [1.807, 2.05) is 0 Å². The van der Waals surface area contributed by atoms with Gasteiger partial charge in [-0.1, -0.05) is 17.7 Å². The van der Waals surface area contributed by atoms with Gasteiger partial charge in [-0.05, 0) is 0 Å². The fraction of sp³-hybridized carbons (Fsp3) is 0.182. The number of imidazole rings is 1. The van der Waals surface area contributed by atoms with Gasteiger partial charge in [-0.15, -0.1) is 6.58 Å². The van der Waals surface area contributed by atoms with Crippen LogP contribution in [0.1, 0.15) is 5.69 Å². The van der Waals surface area contributed by atoms with Crippen molar-refractivity contribution in [3.05, 3.63) is 52.4 Å². The first-order chi connectivity index (χ1) is 8.72. The fourth-order valence-electron chi connectivity index (χ4n) is 1.41. The molecule has 0 atom stereocenters. The minimum Gasteiger partial charge on any atom is -0.377 e. The van der Waals surface area contributed by atoms with Crippen LogP contribution < -0.4 is 10.9 Å². The van der Waals surface area contributed by atoms with Crippen molar-refractivity contribution in [3.63, 3.8) is 0 Å². The Bertz CT molecular complexity index is 590. The molecule has 6 nitrogen and oxygen atoms in total. The molecule has 2 rings (SSSR count). The Kier molecular flexibility index (Phi) is 3.78. The van der Waals surface area contributed by atoms with Gasteiger partial charge >= 0.3 is 0 Å². The van der Waals surface area contributed by atoms with Crippen LogP contribution in [0.25, 0.3) is 0 Å². The molecule has 0 amide bonds. The van der Waals surface area contributed by atoms with E-state index in [9.17, 15) is 4.79 Å². The van der Waals surface area contributed by atoms with Crippen molar-refractivity contribution >= 4 is 17.3 Å². The van der Waals surface area contributed by atoms with Crippen molar-refractivity contribution in [1.29, 1.82) is 0 Å². The highest BCUT2D eigenvalue weighted by atomic mass is 35.5. The number of aromatic amines is 1. The van der Waals surface area contributed by atoms with Gasteiger partial charge < -0.3 is 10.3 Å². The highest BCUT2D eigenvalue weighted by Crippen LogP contribution is 2.15. The molecule has 2 aromatic rings. The fourth-order valence-corrected chi connectivity index (χ4v) is 1.63. The van der Waals surface area contributed by atoms with Crippen molar-refractivity contribution in [2.75, 3.05) is 5.32 Å². The molecule has 2 aromatic heterocycles. The number of anilines is 1. The van der Waals surface area contributed by atoms with Crippen LogP contribution in [0, 0.1) is 0 Å². The zero-order valence-electron chi connectivity index (χ0n) is 9.56. The first-order valence-corrected chi connectivity index (χ1v) is 5.68. The van der Waals surface area contributed by atoms with Crippen LogP contribution in [-0.4, -0.2) is 19.7 Å². The third-order valence-corrected chi connectivity index (χ3v) is 2.68. The number of hydrogen-bond donors (Lipinski definition) is 2. The van der Waals surface area contributed by atoms with Crippen LogP contribution in [0.2, 0.25) is 5.02 Å². The largest absolute Gasteiger partial charge is 0.377 e. The predicted molar refractivity (Wildman–Crippen MR) is 69.6 cm³/mol. The molecule has 0 saturated heterocycles. The summed E-state index contributed by atoms with van der Waals surface area (Å²) in [6.07, 6.45) is 6.37. The predicted octanol–water partition coefficient (Wildman–Crippen LogP) is 1.42. The van der Waals surface area contributed by atoms with Gasteiger partial charge in [0.2, 0.25) is 0 Å². The first kappa shape index (κ1) is 12.4. The van der Waals surface area contributed by atoms with E-state index < -0.39 is 0 Å². The second kappa shape index (κ2) is 5.50. The summed E-state index contributed by atoms with van der Waals surface area (Å²) in [5.74, 6) is 0. The van der Waals surface area contributed by atoms with E-state index in [1.54, 1.807) is 18.6 Å². The summed E-state index contributed by atoms with van der Waals surface area (Å²) in [5.41, 5.74) is 1.05. The molecule has 0 aromatic carbocycles. The SMILES string of the molecule is C=CCn1ncc(NCc2cnc[nH]2)c(Cl)c1=O. The molecular weight excluding hydrogens is 254 g/mol. The van der Waals surface area contributed by atoms with E-state index in [0.29, 0.717) is 18.8 Å². The number of halogens is 1. The normalized spacial score (nSPS) is 10.3. The molecular formula is C11H12ClN5O. The molecule has 7 heteroatoms. The number of rotatable bonds is 5. The molecule has 0 fully saturated rings. The van der Waals surface area contributed by atoms with Crippen molar-refractivity contribution in [2.45, 2.75) is 13.1 Å². The number of nitrogens with one attached hydrogen (secondary N) is 2. The van der Waals surface area contributed by atoms with Crippen molar-refractivity contribution in [3.8, 4) is 0 Å². The van der Waals surface area contributed by atoms with Crippen LogP contribution in [-0.2, 0) is 13.1 Å². The summed E-state index contributed by atoms with van der Waals surface area (Å²) in [5, 5.41) is 7.13. The van der Waals surface area contributed by atoms with Gasteiger partial charge in [0.25, 0.3) is 5.56 Å². The quantitative estimate of drug-likeness (QED) is 0.802. The van der Waals surface area contributed by atoms with E-state index >= 15 is 0 Å². The lowest BCUT2D eigenvalue weighted by Crippen LogP contribution is -2.23. The zero-order valence-corrected chi connectivity index (χ0v) is 10.3. The molecule has 2 N–H and O–H groups in total.